The van der Waals surface area contributed by atoms with Crippen LogP contribution in [-0.2, 0) is 6.42 Å². The summed E-state index contributed by atoms with van der Waals surface area (Å²) < 4.78 is 5.31. The molecule has 0 spiro atoms. The van der Waals surface area contributed by atoms with E-state index >= 15 is 0 Å². The molecular weight excluding hydrogens is 228 g/mol. The third kappa shape index (κ3) is 3.01. The minimum atomic E-state index is 0.496. The smallest absolute Gasteiger partial charge is 0.299 e. The van der Waals surface area contributed by atoms with E-state index in [1.807, 2.05) is 43.3 Å². The van der Waals surface area contributed by atoms with Gasteiger partial charge < -0.3 is 20.4 Å². The van der Waals surface area contributed by atoms with E-state index in [2.05, 4.69) is 10.3 Å². The summed E-state index contributed by atoms with van der Waals surface area (Å²) in [5.41, 5.74) is 8.42. The summed E-state index contributed by atoms with van der Waals surface area (Å²) >= 11 is 0. The van der Waals surface area contributed by atoms with Crippen molar-refractivity contribution in [3.05, 3.63) is 36.2 Å². The van der Waals surface area contributed by atoms with Gasteiger partial charge >= 0.3 is 0 Å². The van der Waals surface area contributed by atoms with Crippen molar-refractivity contribution in [1.29, 1.82) is 0 Å². The Morgan fingerprint density at radius 1 is 1.28 bits per heavy atom. The highest BCUT2D eigenvalue weighted by Gasteiger charge is 2.03. The number of rotatable bonds is 5. The zero-order valence-electron chi connectivity index (χ0n) is 10.7. The molecule has 1 aromatic carbocycles. The van der Waals surface area contributed by atoms with Crippen LogP contribution in [0.3, 0.4) is 0 Å². The molecule has 0 aliphatic rings. The molecule has 2 rings (SSSR count). The third-order valence-electron chi connectivity index (χ3n) is 2.59. The Balaban J connectivity index is 2.03. The highest BCUT2D eigenvalue weighted by Crippen LogP contribution is 2.19. The molecule has 3 N–H and O–H groups in total. The summed E-state index contributed by atoms with van der Waals surface area (Å²) in [7, 11) is 4.02. The van der Waals surface area contributed by atoms with Crippen molar-refractivity contribution in [2.75, 3.05) is 30.9 Å². The van der Waals surface area contributed by atoms with Gasteiger partial charge in [0.1, 0.15) is 6.26 Å². The van der Waals surface area contributed by atoms with Crippen LogP contribution in [0.4, 0.5) is 17.4 Å². The van der Waals surface area contributed by atoms with Crippen molar-refractivity contribution in [2.45, 2.75) is 6.42 Å². The van der Waals surface area contributed by atoms with Crippen LogP contribution in [0.15, 0.2) is 34.9 Å². The SMILES string of the molecule is CN(C)c1ccc(Nc2nc(CCN)co2)cc1. The van der Waals surface area contributed by atoms with Crippen LogP contribution >= 0.6 is 0 Å². The van der Waals surface area contributed by atoms with Crippen LogP contribution in [0.25, 0.3) is 0 Å². The Kier molecular flexibility index (Phi) is 3.84. The fraction of sp³-hybridized carbons (Fsp3) is 0.308. The first-order valence-corrected chi connectivity index (χ1v) is 5.88. The second kappa shape index (κ2) is 5.55. The van der Waals surface area contributed by atoms with Gasteiger partial charge in [0.15, 0.2) is 0 Å². The summed E-state index contributed by atoms with van der Waals surface area (Å²) in [6, 6.07) is 8.54. The molecule has 0 aliphatic carbocycles. The zero-order chi connectivity index (χ0) is 13.0. The van der Waals surface area contributed by atoms with Gasteiger partial charge in [0.2, 0.25) is 0 Å². The fourth-order valence-corrected chi connectivity index (χ4v) is 1.59. The van der Waals surface area contributed by atoms with Crippen molar-refractivity contribution in [3.8, 4) is 0 Å². The molecule has 0 saturated carbocycles. The number of nitrogens with one attached hydrogen (secondary N) is 1. The van der Waals surface area contributed by atoms with Crippen LogP contribution in [0.1, 0.15) is 5.69 Å². The maximum atomic E-state index is 5.46. The molecule has 0 atom stereocenters. The number of benzene rings is 1. The van der Waals surface area contributed by atoms with Gasteiger partial charge in [-0.25, -0.2) is 0 Å². The number of nitrogens with two attached hydrogens (primary N) is 1. The van der Waals surface area contributed by atoms with Gasteiger partial charge in [-0.1, -0.05) is 0 Å². The van der Waals surface area contributed by atoms with E-state index in [1.54, 1.807) is 6.26 Å². The minimum absolute atomic E-state index is 0.496. The van der Waals surface area contributed by atoms with Gasteiger partial charge in [0.05, 0.1) is 5.69 Å². The maximum Gasteiger partial charge on any atom is 0.299 e. The average molecular weight is 246 g/mol. The summed E-state index contributed by atoms with van der Waals surface area (Å²) in [5.74, 6) is 0. The van der Waals surface area contributed by atoms with E-state index in [9.17, 15) is 0 Å². The molecular formula is C13H18N4O. The lowest BCUT2D eigenvalue weighted by molar-refractivity contribution is 0.575. The van der Waals surface area contributed by atoms with Crippen molar-refractivity contribution in [1.82, 2.24) is 4.98 Å². The molecule has 5 heteroatoms. The Bertz CT molecular complexity index is 490. The van der Waals surface area contributed by atoms with Gasteiger partial charge in [-0.2, -0.15) is 4.98 Å². The average Bonchev–Trinajstić information content (AvgIpc) is 2.78. The standard InChI is InChI=1S/C13H18N4O/c1-17(2)12-5-3-10(4-6-12)15-13-16-11(7-8-14)9-18-13/h3-6,9H,7-8,14H2,1-2H3,(H,15,16). The van der Waals surface area contributed by atoms with Crippen molar-refractivity contribution in [2.24, 2.45) is 5.73 Å². The van der Waals surface area contributed by atoms with E-state index < -0.39 is 0 Å². The number of nitrogens with zero attached hydrogens (tertiary/aromatic N) is 2. The zero-order valence-corrected chi connectivity index (χ0v) is 10.7. The molecule has 0 bridgehead atoms. The Morgan fingerprint density at radius 2 is 2.00 bits per heavy atom. The molecule has 2 aromatic rings. The van der Waals surface area contributed by atoms with Crippen molar-refractivity contribution >= 4 is 17.4 Å². The number of aromatic nitrogens is 1. The largest absolute Gasteiger partial charge is 0.432 e. The van der Waals surface area contributed by atoms with Crippen LogP contribution in [-0.4, -0.2) is 25.6 Å². The van der Waals surface area contributed by atoms with Crippen molar-refractivity contribution < 1.29 is 4.42 Å². The predicted molar refractivity (Wildman–Crippen MR) is 73.3 cm³/mol. The third-order valence-corrected chi connectivity index (χ3v) is 2.59. The minimum Gasteiger partial charge on any atom is -0.432 e. The molecule has 96 valence electrons. The molecule has 1 heterocycles. The van der Waals surface area contributed by atoms with E-state index in [1.165, 1.54) is 0 Å². The first-order valence-electron chi connectivity index (χ1n) is 5.88. The Morgan fingerprint density at radius 3 is 2.61 bits per heavy atom. The molecule has 1 aromatic heterocycles. The number of oxazole rings is 1. The maximum absolute atomic E-state index is 5.46. The van der Waals surface area contributed by atoms with Crippen molar-refractivity contribution in [3.63, 3.8) is 0 Å². The Labute approximate surface area is 107 Å². The summed E-state index contributed by atoms with van der Waals surface area (Å²) in [6.07, 6.45) is 2.36. The first-order chi connectivity index (χ1) is 8.69. The van der Waals surface area contributed by atoms with Gasteiger partial charge in [-0.15, -0.1) is 0 Å². The lowest BCUT2D eigenvalue weighted by Gasteiger charge is -2.12. The van der Waals surface area contributed by atoms with Gasteiger partial charge in [0.25, 0.3) is 6.01 Å². The number of hydrogen-bond acceptors (Lipinski definition) is 5. The highest BCUT2D eigenvalue weighted by atomic mass is 16.4. The monoisotopic (exact) mass is 246 g/mol. The molecule has 5 nitrogen and oxygen atoms in total. The molecule has 0 saturated heterocycles. The molecule has 0 aliphatic heterocycles. The van der Waals surface area contributed by atoms with Gasteiger partial charge in [-0.05, 0) is 30.8 Å². The van der Waals surface area contributed by atoms with Gasteiger partial charge in [-0.3, -0.25) is 0 Å². The lowest BCUT2D eigenvalue weighted by Crippen LogP contribution is -2.08. The summed E-state index contributed by atoms with van der Waals surface area (Å²) in [4.78, 5) is 6.33. The molecule has 0 amide bonds. The quantitative estimate of drug-likeness (QED) is 0.844. The van der Waals surface area contributed by atoms with E-state index in [0.29, 0.717) is 12.6 Å². The Hall–Kier alpha value is -2.01. The predicted octanol–water partition coefficient (Wildman–Crippen LogP) is 1.99. The normalized spacial score (nSPS) is 10.4. The highest BCUT2D eigenvalue weighted by molar-refractivity contribution is 5.58. The van der Waals surface area contributed by atoms with Crippen LogP contribution in [0.2, 0.25) is 0 Å². The van der Waals surface area contributed by atoms with Crippen LogP contribution < -0.4 is 16.0 Å². The molecule has 0 fully saturated rings. The van der Waals surface area contributed by atoms with E-state index in [-0.39, 0.29) is 0 Å². The van der Waals surface area contributed by atoms with Crippen LogP contribution in [0, 0.1) is 0 Å². The van der Waals surface area contributed by atoms with E-state index in [4.69, 9.17) is 10.2 Å². The molecule has 0 unspecified atom stereocenters. The topological polar surface area (TPSA) is 67.3 Å². The van der Waals surface area contributed by atoms with Crippen LogP contribution in [0.5, 0.6) is 0 Å². The summed E-state index contributed by atoms with van der Waals surface area (Å²) in [5, 5.41) is 3.11. The number of hydrogen-bond donors (Lipinski definition) is 2. The molecule has 0 radical (unpaired) electrons. The second-order valence-corrected chi connectivity index (χ2v) is 4.25. The first kappa shape index (κ1) is 12.4. The lowest BCUT2D eigenvalue weighted by atomic mass is 10.2. The number of anilines is 3. The van der Waals surface area contributed by atoms with Gasteiger partial charge in [0, 0.05) is 31.9 Å². The second-order valence-electron chi connectivity index (χ2n) is 4.25. The fourth-order valence-electron chi connectivity index (χ4n) is 1.59. The van der Waals surface area contributed by atoms with E-state index in [0.717, 1.165) is 23.5 Å². The summed E-state index contributed by atoms with van der Waals surface area (Å²) in [6.45, 7) is 0.573. The molecule has 18 heavy (non-hydrogen) atoms.